The lowest BCUT2D eigenvalue weighted by molar-refractivity contribution is 0.103. The molecule has 0 bridgehead atoms. The molecule has 130 valence electrons. The first-order valence-corrected chi connectivity index (χ1v) is 8.92. The molecular weight excluding hydrogens is 375 g/mol. The van der Waals surface area contributed by atoms with Crippen LogP contribution in [0.2, 0.25) is 5.02 Å². The Kier molecular flexibility index (Phi) is 4.40. The maximum absolute atomic E-state index is 13.4. The summed E-state index contributed by atoms with van der Waals surface area (Å²) >= 11 is 7.42. The van der Waals surface area contributed by atoms with E-state index in [0.717, 1.165) is 17.0 Å². The number of fused-ring (bicyclic) bond motifs is 1. The molecule has 26 heavy (non-hydrogen) atoms. The van der Waals surface area contributed by atoms with Gasteiger partial charge in [0.2, 0.25) is 0 Å². The number of rotatable bonds is 4. The molecule has 8 heteroatoms. The SMILES string of the molecule is O=C(Nc1ccn(Cc2ccccn2)n1)c1sc2cc(F)ccc2c1Cl. The van der Waals surface area contributed by atoms with E-state index >= 15 is 0 Å². The van der Waals surface area contributed by atoms with Crippen LogP contribution in [0.1, 0.15) is 15.4 Å². The van der Waals surface area contributed by atoms with Crippen LogP contribution >= 0.6 is 22.9 Å². The number of amides is 1. The number of nitrogens with zero attached hydrogens (tertiary/aromatic N) is 3. The zero-order valence-electron chi connectivity index (χ0n) is 13.3. The lowest BCUT2D eigenvalue weighted by Crippen LogP contribution is -2.12. The van der Waals surface area contributed by atoms with Crippen LogP contribution in [-0.2, 0) is 6.54 Å². The molecule has 0 aliphatic heterocycles. The second kappa shape index (κ2) is 6.86. The molecule has 4 rings (SSSR count). The molecule has 0 radical (unpaired) electrons. The van der Waals surface area contributed by atoms with Crippen molar-refractivity contribution in [1.29, 1.82) is 0 Å². The molecule has 1 amide bonds. The predicted octanol–water partition coefficient (Wildman–Crippen LogP) is 4.59. The Labute approximate surface area is 157 Å². The zero-order valence-corrected chi connectivity index (χ0v) is 14.9. The molecule has 3 heterocycles. The highest BCUT2D eigenvalue weighted by Crippen LogP contribution is 2.36. The summed E-state index contributed by atoms with van der Waals surface area (Å²) in [6, 6.07) is 11.6. The Morgan fingerprint density at radius 1 is 1.27 bits per heavy atom. The van der Waals surface area contributed by atoms with Crippen molar-refractivity contribution in [2.24, 2.45) is 0 Å². The first-order chi connectivity index (χ1) is 12.6. The first kappa shape index (κ1) is 16.7. The predicted molar refractivity (Wildman–Crippen MR) is 100 cm³/mol. The van der Waals surface area contributed by atoms with Gasteiger partial charge in [-0.1, -0.05) is 17.7 Å². The molecule has 0 fully saturated rings. The summed E-state index contributed by atoms with van der Waals surface area (Å²) in [5.74, 6) is -0.332. The highest BCUT2D eigenvalue weighted by molar-refractivity contribution is 7.21. The van der Waals surface area contributed by atoms with Gasteiger partial charge in [0.15, 0.2) is 5.82 Å². The third-order valence-corrected chi connectivity index (χ3v) is 5.39. The van der Waals surface area contributed by atoms with Crippen LogP contribution in [0.5, 0.6) is 0 Å². The van der Waals surface area contributed by atoms with Crippen molar-refractivity contribution in [1.82, 2.24) is 14.8 Å². The van der Waals surface area contributed by atoms with E-state index in [1.165, 1.54) is 12.1 Å². The third-order valence-electron chi connectivity index (χ3n) is 3.73. The minimum atomic E-state index is -0.375. The summed E-state index contributed by atoms with van der Waals surface area (Å²) in [4.78, 5) is 17.1. The molecule has 4 aromatic rings. The molecule has 0 aliphatic carbocycles. The minimum Gasteiger partial charge on any atom is -0.304 e. The molecule has 5 nitrogen and oxygen atoms in total. The van der Waals surface area contributed by atoms with Gasteiger partial charge in [-0.2, -0.15) is 5.10 Å². The molecule has 0 unspecified atom stereocenters. The third kappa shape index (κ3) is 3.31. The van der Waals surface area contributed by atoms with Gasteiger partial charge >= 0.3 is 0 Å². The van der Waals surface area contributed by atoms with Crippen molar-refractivity contribution >= 4 is 44.7 Å². The number of anilines is 1. The zero-order chi connectivity index (χ0) is 18.1. The minimum absolute atomic E-state index is 0.315. The number of halogens is 2. The van der Waals surface area contributed by atoms with E-state index in [0.29, 0.717) is 32.3 Å². The van der Waals surface area contributed by atoms with Crippen molar-refractivity contribution in [3.8, 4) is 0 Å². The Bertz CT molecular complexity index is 1090. The number of hydrogen-bond donors (Lipinski definition) is 1. The normalized spacial score (nSPS) is 11.0. The maximum atomic E-state index is 13.4. The number of carbonyl (C=O) groups is 1. The average Bonchev–Trinajstić information content (AvgIpc) is 3.20. The number of nitrogens with one attached hydrogen (secondary N) is 1. The summed E-state index contributed by atoms with van der Waals surface area (Å²) < 4.78 is 15.7. The van der Waals surface area contributed by atoms with Crippen LogP contribution in [-0.4, -0.2) is 20.7 Å². The van der Waals surface area contributed by atoms with E-state index in [4.69, 9.17) is 11.6 Å². The lowest BCUT2D eigenvalue weighted by Gasteiger charge is -2.02. The number of thiophene rings is 1. The summed E-state index contributed by atoms with van der Waals surface area (Å²) in [6.45, 7) is 0.500. The Morgan fingerprint density at radius 3 is 2.96 bits per heavy atom. The van der Waals surface area contributed by atoms with E-state index in [2.05, 4.69) is 15.4 Å². The number of pyridine rings is 1. The van der Waals surface area contributed by atoms with Crippen LogP contribution in [0.4, 0.5) is 10.2 Å². The second-order valence-corrected chi connectivity index (χ2v) is 6.99. The van der Waals surface area contributed by atoms with E-state index < -0.39 is 0 Å². The highest BCUT2D eigenvalue weighted by atomic mass is 35.5. The van der Waals surface area contributed by atoms with Gasteiger partial charge in [-0.15, -0.1) is 11.3 Å². The van der Waals surface area contributed by atoms with E-state index in [1.807, 2.05) is 18.2 Å². The van der Waals surface area contributed by atoms with Gasteiger partial charge in [-0.25, -0.2) is 4.39 Å². The average molecular weight is 387 g/mol. The molecule has 0 atom stereocenters. The summed E-state index contributed by atoms with van der Waals surface area (Å²) in [7, 11) is 0. The fourth-order valence-electron chi connectivity index (χ4n) is 2.53. The molecular formula is C18H12ClFN4OS. The van der Waals surface area contributed by atoms with E-state index in [9.17, 15) is 9.18 Å². The van der Waals surface area contributed by atoms with Crippen LogP contribution in [0.15, 0.2) is 54.9 Å². The second-order valence-electron chi connectivity index (χ2n) is 5.56. The van der Waals surface area contributed by atoms with Crippen molar-refractivity contribution in [3.05, 3.63) is 76.3 Å². The monoisotopic (exact) mass is 386 g/mol. The molecule has 0 aliphatic rings. The number of carbonyl (C=O) groups excluding carboxylic acids is 1. The van der Waals surface area contributed by atoms with Crippen LogP contribution in [0.25, 0.3) is 10.1 Å². The van der Waals surface area contributed by atoms with Crippen molar-refractivity contribution in [3.63, 3.8) is 0 Å². The van der Waals surface area contributed by atoms with Crippen molar-refractivity contribution in [2.45, 2.75) is 6.54 Å². The van der Waals surface area contributed by atoms with Gasteiger partial charge in [-0.05, 0) is 30.3 Å². The Morgan fingerprint density at radius 2 is 2.15 bits per heavy atom. The topological polar surface area (TPSA) is 59.8 Å². The van der Waals surface area contributed by atoms with Crippen molar-refractivity contribution < 1.29 is 9.18 Å². The Hall–Kier alpha value is -2.77. The smallest absolute Gasteiger partial charge is 0.268 e. The largest absolute Gasteiger partial charge is 0.304 e. The van der Waals surface area contributed by atoms with Crippen molar-refractivity contribution in [2.75, 3.05) is 5.32 Å². The van der Waals surface area contributed by atoms with Gasteiger partial charge in [0, 0.05) is 28.5 Å². The standard InChI is InChI=1S/C18H12ClFN4OS/c19-16-13-5-4-11(20)9-14(13)26-17(16)18(25)22-15-6-8-24(23-15)10-12-3-1-2-7-21-12/h1-9H,10H2,(H,22,23,25). The Balaban J connectivity index is 1.53. The fraction of sp³-hybridized carbons (Fsp3) is 0.0556. The molecule has 1 N–H and O–H groups in total. The molecule has 0 saturated heterocycles. The number of benzene rings is 1. The lowest BCUT2D eigenvalue weighted by atomic mass is 10.2. The van der Waals surface area contributed by atoms with Gasteiger partial charge in [0.05, 0.1) is 17.3 Å². The first-order valence-electron chi connectivity index (χ1n) is 7.72. The maximum Gasteiger partial charge on any atom is 0.268 e. The summed E-state index contributed by atoms with van der Waals surface area (Å²) in [6.07, 6.45) is 3.47. The van der Waals surface area contributed by atoms with Gasteiger partial charge < -0.3 is 5.32 Å². The number of hydrogen-bond acceptors (Lipinski definition) is 4. The van der Waals surface area contributed by atoms with Gasteiger partial charge in [0.25, 0.3) is 5.91 Å². The van der Waals surface area contributed by atoms with Gasteiger partial charge in [0.1, 0.15) is 10.7 Å². The van der Waals surface area contributed by atoms with Gasteiger partial charge in [-0.3, -0.25) is 14.5 Å². The molecule has 0 spiro atoms. The van der Waals surface area contributed by atoms with E-state index in [-0.39, 0.29) is 11.7 Å². The van der Waals surface area contributed by atoms with Crippen LogP contribution in [0, 0.1) is 5.82 Å². The molecule has 3 aromatic heterocycles. The summed E-state index contributed by atoms with van der Waals surface area (Å²) in [5, 5.41) is 8.01. The quantitative estimate of drug-likeness (QED) is 0.558. The fourth-order valence-corrected chi connectivity index (χ4v) is 3.97. The van der Waals surface area contributed by atoms with Crippen LogP contribution < -0.4 is 5.32 Å². The molecule has 0 saturated carbocycles. The van der Waals surface area contributed by atoms with Crippen LogP contribution in [0.3, 0.4) is 0 Å². The van der Waals surface area contributed by atoms with E-state index in [1.54, 1.807) is 29.2 Å². The molecule has 1 aromatic carbocycles. The highest BCUT2D eigenvalue weighted by Gasteiger charge is 2.18. The number of aromatic nitrogens is 3. The summed E-state index contributed by atoms with van der Waals surface area (Å²) in [5.41, 5.74) is 0.864.